The first kappa shape index (κ1) is 11.1. The van der Waals surface area contributed by atoms with Crippen LogP contribution in [-0.4, -0.2) is 21.0 Å². The zero-order valence-corrected chi connectivity index (χ0v) is 10.8. The Morgan fingerprint density at radius 1 is 1.29 bits per heavy atom. The van der Waals surface area contributed by atoms with Crippen LogP contribution in [0.25, 0.3) is 0 Å². The minimum atomic E-state index is 0.712. The van der Waals surface area contributed by atoms with Gasteiger partial charge in [-0.2, -0.15) is 0 Å². The molecule has 88 valence electrons. The number of aromatic nitrogens is 2. The zero-order valence-electron chi connectivity index (χ0n) is 9.27. The lowest BCUT2D eigenvalue weighted by atomic mass is 10.00. The average Bonchev–Trinajstić information content (AvgIpc) is 2.75. The van der Waals surface area contributed by atoms with Crippen molar-refractivity contribution in [3.8, 4) is 0 Å². The molecule has 0 saturated heterocycles. The van der Waals surface area contributed by atoms with Crippen LogP contribution in [0.5, 0.6) is 0 Å². The van der Waals surface area contributed by atoms with Gasteiger partial charge in [-0.25, -0.2) is 0 Å². The first-order valence-electron chi connectivity index (χ1n) is 5.59. The van der Waals surface area contributed by atoms with Crippen molar-refractivity contribution in [1.29, 1.82) is 0 Å². The van der Waals surface area contributed by atoms with Crippen LogP contribution in [-0.2, 0) is 19.5 Å². The predicted molar refractivity (Wildman–Crippen MR) is 69.2 cm³/mol. The number of hydrogen-bond acceptors (Lipinski definition) is 4. The highest BCUT2D eigenvalue weighted by Crippen LogP contribution is 2.23. The second kappa shape index (κ2) is 4.72. The maximum absolute atomic E-state index is 6.03. The number of nitrogens with zero attached hydrogens (tertiary/aromatic N) is 3. The van der Waals surface area contributed by atoms with Crippen LogP contribution < -0.4 is 0 Å². The fourth-order valence-corrected chi connectivity index (χ4v) is 2.80. The van der Waals surface area contributed by atoms with Gasteiger partial charge in [0.2, 0.25) is 0 Å². The zero-order chi connectivity index (χ0) is 11.7. The molecule has 0 spiro atoms. The van der Waals surface area contributed by atoms with E-state index < -0.39 is 0 Å². The summed E-state index contributed by atoms with van der Waals surface area (Å²) < 4.78 is 4.58. The average molecular weight is 266 g/mol. The SMILES string of the molecule is Clc1snnc1CN1CCc2ccccc2C1. The quantitative estimate of drug-likeness (QED) is 0.836. The second-order valence-corrected chi connectivity index (χ2v) is 5.58. The predicted octanol–water partition coefficient (Wildman–Crippen LogP) is 2.75. The van der Waals surface area contributed by atoms with E-state index >= 15 is 0 Å². The third-order valence-electron chi connectivity index (χ3n) is 3.09. The molecule has 0 bridgehead atoms. The standard InChI is InChI=1S/C12H12ClN3S/c13-12-11(14-15-17-12)8-16-6-5-9-3-1-2-4-10(9)7-16/h1-4H,5-8H2. The highest BCUT2D eigenvalue weighted by Gasteiger charge is 2.17. The monoisotopic (exact) mass is 265 g/mol. The molecule has 0 atom stereocenters. The van der Waals surface area contributed by atoms with Crippen LogP contribution in [0.1, 0.15) is 16.8 Å². The minimum absolute atomic E-state index is 0.712. The Hall–Kier alpha value is -0.970. The molecule has 3 nitrogen and oxygen atoms in total. The van der Waals surface area contributed by atoms with Crippen molar-refractivity contribution >= 4 is 23.1 Å². The van der Waals surface area contributed by atoms with E-state index in [-0.39, 0.29) is 0 Å². The summed E-state index contributed by atoms with van der Waals surface area (Å²) in [7, 11) is 0. The molecule has 0 N–H and O–H groups in total. The molecular formula is C12H12ClN3S. The van der Waals surface area contributed by atoms with Gasteiger partial charge in [-0.3, -0.25) is 4.90 Å². The fraction of sp³-hybridized carbons (Fsp3) is 0.333. The van der Waals surface area contributed by atoms with E-state index in [4.69, 9.17) is 11.6 Å². The van der Waals surface area contributed by atoms with Crippen LogP contribution in [0.3, 0.4) is 0 Å². The van der Waals surface area contributed by atoms with Crippen molar-refractivity contribution in [2.45, 2.75) is 19.5 Å². The summed E-state index contributed by atoms with van der Waals surface area (Å²) in [6.45, 7) is 2.83. The van der Waals surface area contributed by atoms with Gasteiger partial charge in [0.05, 0.1) is 0 Å². The summed E-state index contributed by atoms with van der Waals surface area (Å²) in [4.78, 5) is 2.37. The summed E-state index contributed by atoms with van der Waals surface area (Å²) in [5.74, 6) is 0. The first-order valence-corrected chi connectivity index (χ1v) is 6.74. The largest absolute Gasteiger partial charge is 0.293 e. The Bertz CT molecular complexity index is 526. The van der Waals surface area contributed by atoms with Crippen molar-refractivity contribution < 1.29 is 0 Å². The van der Waals surface area contributed by atoms with Gasteiger partial charge in [0.25, 0.3) is 0 Å². The van der Waals surface area contributed by atoms with Gasteiger partial charge in [0.1, 0.15) is 10.0 Å². The number of benzene rings is 1. The Kier molecular flexibility index (Phi) is 3.09. The molecule has 2 aromatic rings. The summed E-state index contributed by atoms with van der Waals surface area (Å²) in [6, 6.07) is 8.61. The molecule has 1 aliphatic heterocycles. The maximum Gasteiger partial charge on any atom is 0.138 e. The van der Waals surface area contributed by atoms with Crippen molar-refractivity contribution in [3.05, 3.63) is 45.4 Å². The smallest absolute Gasteiger partial charge is 0.138 e. The van der Waals surface area contributed by atoms with Gasteiger partial charge >= 0.3 is 0 Å². The Balaban J connectivity index is 1.74. The summed E-state index contributed by atoms with van der Waals surface area (Å²) >= 11 is 7.28. The summed E-state index contributed by atoms with van der Waals surface area (Å²) in [5.41, 5.74) is 3.78. The molecule has 3 rings (SSSR count). The van der Waals surface area contributed by atoms with Gasteiger partial charge in [0.15, 0.2) is 0 Å². The van der Waals surface area contributed by atoms with Crippen molar-refractivity contribution in [2.75, 3.05) is 6.54 Å². The Labute approximate surface area is 109 Å². The third kappa shape index (κ3) is 2.34. The lowest BCUT2D eigenvalue weighted by molar-refractivity contribution is 0.242. The van der Waals surface area contributed by atoms with E-state index in [0.717, 1.165) is 31.7 Å². The van der Waals surface area contributed by atoms with E-state index in [1.54, 1.807) is 0 Å². The van der Waals surface area contributed by atoms with E-state index in [9.17, 15) is 0 Å². The molecule has 2 heterocycles. The van der Waals surface area contributed by atoms with E-state index in [1.165, 1.54) is 22.7 Å². The number of rotatable bonds is 2. The van der Waals surface area contributed by atoms with Crippen molar-refractivity contribution in [1.82, 2.24) is 14.5 Å². The van der Waals surface area contributed by atoms with E-state index in [2.05, 4.69) is 38.8 Å². The summed E-state index contributed by atoms with van der Waals surface area (Å²) in [6.07, 6.45) is 1.10. The van der Waals surface area contributed by atoms with Gasteiger partial charge in [0, 0.05) is 31.2 Å². The molecule has 0 aliphatic carbocycles. The topological polar surface area (TPSA) is 29.0 Å². The highest BCUT2D eigenvalue weighted by atomic mass is 35.5. The molecule has 1 aromatic heterocycles. The highest BCUT2D eigenvalue weighted by molar-refractivity contribution is 7.10. The van der Waals surface area contributed by atoms with Crippen LogP contribution in [0.2, 0.25) is 4.34 Å². The van der Waals surface area contributed by atoms with Crippen LogP contribution in [0.4, 0.5) is 0 Å². The van der Waals surface area contributed by atoms with Crippen molar-refractivity contribution in [3.63, 3.8) is 0 Å². The maximum atomic E-state index is 6.03. The molecule has 5 heteroatoms. The molecule has 0 unspecified atom stereocenters. The molecular weight excluding hydrogens is 254 g/mol. The molecule has 0 saturated carbocycles. The number of fused-ring (bicyclic) bond motifs is 1. The third-order valence-corrected chi connectivity index (χ3v) is 4.08. The second-order valence-electron chi connectivity index (χ2n) is 4.22. The van der Waals surface area contributed by atoms with Gasteiger partial charge in [-0.1, -0.05) is 40.4 Å². The molecule has 0 radical (unpaired) electrons. The lowest BCUT2D eigenvalue weighted by Crippen LogP contribution is -2.30. The molecule has 0 fully saturated rings. The summed E-state index contributed by atoms with van der Waals surface area (Å²) in [5, 5.41) is 4.06. The van der Waals surface area contributed by atoms with E-state index in [0.29, 0.717) is 4.34 Å². The van der Waals surface area contributed by atoms with Crippen molar-refractivity contribution in [2.24, 2.45) is 0 Å². The van der Waals surface area contributed by atoms with Crippen LogP contribution >= 0.6 is 23.1 Å². The van der Waals surface area contributed by atoms with Gasteiger partial charge < -0.3 is 0 Å². The Morgan fingerprint density at radius 3 is 2.88 bits per heavy atom. The molecule has 0 amide bonds. The number of hydrogen-bond donors (Lipinski definition) is 0. The lowest BCUT2D eigenvalue weighted by Gasteiger charge is -2.27. The molecule has 1 aliphatic rings. The van der Waals surface area contributed by atoms with Crippen LogP contribution in [0, 0.1) is 0 Å². The number of halogens is 1. The fourth-order valence-electron chi connectivity index (χ4n) is 2.19. The normalized spacial score (nSPS) is 15.8. The van der Waals surface area contributed by atoms with E-state index in [1.807, 2.05) is 0 Å². The van der Waals surface area contributed by atoms with Crippen LogP contribution in [0.15, 0.2) is 24.3 Å². The Morgan fingerprint density at radius 2 is 2.12 bits per heavy atom. The molecule has 1 aromatic carbocycles. The molecule has 17 heavy (non-hydrogen) atoms. The first-order chi connectivity index (χ1) is 8.33. The van der Waals surface area contributed by atoms with Gasteiger partial charge in [-0.05, 0) is 17.5 Å². The minimum Gasteiger partial charge on any atom is -0.293 e. The van der Waals surface area contributed by atoms with Gasteiger partial charge in [-0.15, -0.1) is 5.10 Å².